The number of β-amino-alcohol motifs (C(OH)–C–C–N with tert-alkyl or cyclic N) is 1. The number of aryl methyl sites for hydroxylation is 1. The summed E-state index contributed by atoms with van der Waals surface area (Å²) in [5, 5.41) is 9.93. The van der Waals surface area contributed by atoms with Crippen LogP contribution in [0.5, 0.6) is 0 Å². The van der Waals surface area contributed by atoms with E-state index in [0.717, 1.165) is 68.0 Å². The minimum atomic E-state index is 0.176. The molecule has 1 fully saturated rings. The standard InChI is InChI=1S/C19H26N2O3/c1-2-17-19(15-5-3-4-6-18(15)24-17)16(23)7-8-20-9-11-21(12-10-20)13-14-22/h3-6,22H,2,7-14H2,1H3. The van der Waals surface area contributed by atoms with Crippen molar-refractivity contribution >= 4 is 16.8 Å². The Labute approximate surface area is 142 Å². The highest BCUT2D eigenvalue weighted by atomic mass is 16.3. The zero-order valence-corrected chi connectivity index (χ0v) is 14.3. The van der Waals surface area contributed by atoms with Crippen LogP contribution in [0.15, 0.2) is 28.7 Å². The monoisotopic (exact) mass is 330 g/mol. The zero-order chi connectivity index (χ0) is 16.9. The molecule has 130 valence electrons. The van der Waals surface area contributed by atoms with Crippen molar-refractivity contribution < 1.29 is 14.3 Å². The highest BCUT2D eigenvalue weighted by molar-refractivity contribution is 6.08. The SMILES string of the molecule is CCc1oc2ccccc2c1C(=O)CCN1CCN(CCO)CC1. The fourth-order valence-electron chi connectivity index (χ4n) is 3.41. The number of aliphatic hydroxyl groups is 1. The third-order valence-electron chi connectivity index (χ3n) is 4.80. The Hall–Kier alpha value is -1.69. The molecule has 0 aliphatic carbocycles. The molecule has 1 aromatic heterocycles. The Morgan fingerprint density at radius 2 is 1.79 bits per heavy atom. The summed E-state index contributed by atoms with van der Waals surface area (Å²) >= 11 is 0. The number of rotatable bonds is 7. The number of aliphatic hydroxyl groups excluding tert-OH is 1. The number of para-hydroxylation sites is 1. The van der Waals surface area contributed by atoms with Gasteiger partial charge in [-0.15, -0.1) is 0 Å². The van der Waals surface area contributed by atoms with Gasteiger partial charge in [0.15, 0.2) is 5.78 Å². The summed E-state index contributed by atoms with van der Waals surface area (Å²) in [7, 11) is 0. The first-order valence-electron chi connectivity index (χ1n) is 8.82. The van der Waals surface area contributed by atoms with Crippen LogP contribution in [0, 0.1) is 0 Å². The van der Waals surface area contributed by atoms with E-state index in [1.165, 1.54) is 0 Å². The lowest BCUT2D eigenvalue weighted by Crippen LogP contribution is -2.47. The Morgan fingerprint density at radius 1 is 1.12 bits per heavy atom. The third kappa shape index (κ3) is 3.69. The first-order valence-corrected chi connectivity index (χ1v) is 8.82. The first-order chi connectivity index (χ1) is 11.7. The van der Waals surface area contributed by atoms with E-state index in [0.29, 0.717) is 6.42 Å². The summed E-state index contributed by atoms with van der Waals surface area (Å²) in [5.74, 6) is 0.976. The maximum Gasteiger partial charge on any atom is 0.168 e. The molecule has 1 aromatic carbocycles. The molecule has 0 bridgehead atoms. The van der Waals surface area contributed by atoms with Gasteiger partial charge in [0.05, 0.1) is 12.2 Å². The van der Waals surface area contributed by atoms with Gasteiger partial charge in [-0.3, -0.25) is 9.69 Å². The van der Waals surface area contributed by atoms with Crippen molar-refractivity contribution in [2.75, 3.05) is 45.9 Å². The molecule has 1 saturated heterocycles. The van der Waals surface area contributed by atoms with E-state index in [2.05, 4.69) is 9.80 Å². The van der Waals surface area contributed by atoms with Crippen LogP contribution in [0.25, 0.3) is 11.0 Å². The maximum absolute atomic E-state index is 12.8. The summed E-state index contributed by atoms with van der Waals surface area (Å²) in [6, 6.07) is 7.78. The van der Waals surface area contributed by atoms with Crippen molar-refractivity contribution in [3.63, 3.8) is 0 Å². The molecular weight excluding hydrogens is 304 g/mol. The molecule has 0 saturated carbocycles. The fraction of sp³-hybridized carbons (Fsp3) is 0.526. The van der Waals surface area contributed by atoms with E-state index in [1.807, 2.05) is 31.2 Å². The van der Waals surface area contributed by atoms with E-state index >= 15 is 0 Å². The molecule has 2 aromatic rings. The molecule has 1 aliphatic heterocycles. The van der Waals surface area contributed by atoms with E-state index in [1.54, 1.807) is 0 Å². The lowest BCUT2D eigenvalue weighted by Gasteiger charge is -2.34. The van der Waals surface area contributed by atoms with Gasteiger partial charge in [-0.25, -0.2) is 0 Å². The van der Waals surface area contributed by atoms with Crippen LogP contribution in [-0.4, -0.2) is 66.6 Å². The van der Waals surface area contributed by atoms with E-state index in [4.69, 9.17) is 9.52 Å². The Kier molecular flexibility index (Phi) is 5.66. The third-order valence-corrected chi connectivity index (χ3v) is 4.80. The number of carbonyl (C=O) groups excluding carboxylic acids is 1. The quantitative estimate of drug-likeness (QED) is 0.789. The number of benzene rings is 1. The second-order valence-corrected chi connectivity index (χ2v) is 6.33. The topological polar surface area (TPSA) is 56.9 Å². The van der Waals surface area contributed by atoms with Gasteiger partial charge in [-0.2, -0.15) is 0 Å². The molecule has 0 spiro atoms. The number of nitrogens with zero attached hydrogens (tertiary/aromatic N) is 2. The molecule has 0 amide bonds. The largest absolute Gasteiger partial charge is 0.460 e. The lowest BCUT2D eigenvalue weighted by molar-refractivity contribution is 0.0906. The second kappa shape index (κ2) is 7.92. The molecule has 24 heavy (non-hydrogen) atoms. The number of Topliss-reactive ketones (excluding diaryl/α,β-unsaturated/α-hetero) is 1. The van der Waals surface area contributed by atoms with Crippen LogP contribution in [0.4, 0.5) is 0 Å². The predicted octanol–water partition coefficient (Wildman–Crippen LogP) is 2.18. The first kappa shape index (κ1) is 17.1. The van der Waals surface area contributed by atoms with Crippen LogP contribution in [0.3, 0.4) is 0 Å². The smallest absolute Gasteiger partial charge is 0.168 e. The summed E-state index contributed by atoms with van der Waals surface area (Å²) in [6.45, 7) is 7.61. The highest BCUT2D eigenvalue weighted by Crippen LogP contribution is 2.27. The minimum Gasteiger partial charge on any atom is -0.460 e. The van der Waals surface area contributed by atoms with Crippen LogP contribution < -0.4 is 0 Å². The number of fused-ring (bicyclic) bond motifs is 1. The van der Waals surface area contributed by atoms with Crippen LogP contribution in [-0.2, 0) is 6.42 Å². The predicted molar refractivity (Wildman–Crippen MR) is 94.5 cm³/mol. The van der Waals surface area contributed by atoms with Crippen molar-refractivity contribution in [2.24, 2.45) is 0 Å². The number of furan rings is 1. The van der Waals surface area contributed by atoms with Crippen LogP contribution in [0.2, 0.25) is 0 Å². The van der Waals surface area contributed by atoms with E-state index < -0.39 is 0 Å². The van der Waals surface area contributed by atoms with Gasteiger partial charge in [0.1, 0.15) is 11.3 Å². The van der Waals surface area contributed by atoms with Crippen molar-refractivity contribution in [2.45, 2.75) is 19.8 Å². The Morgan fingerprint density at radius 3 is 2.46 bits per heavy atom. The van der Waals surface area contributed by atoms with Crippen molar-refractivity contribution in [3.8, 4) is 0 Å². The van der Waals surface area contributed by atoms with Crippen molar-refractivity contribution in [1.29, 1.82) is 0 Å². The van der Waals surface area contributed by atoms with Gasteiger partial charge < -0.3 is 14.4 Å². The van der Waals surface area contributed by atoms with Crippen LogP contribution >= 0.6 is 0 Å². The van der Waals surface area contributed by atoms with Crippen LogP contribution in [0.1, 0.15) is 29.5 Å². The second-order valence-electron chi connectivity index (χ2n) is 6.33. The molecule has 3 rings (SSSR count). The Balaban J connectivity index is 1.62. The van der Waals surface area contributed by atoms with Gasteiger partial charge in [0.25, 0.3) is 0 Å². The van der Waals surface area contributed by atoms with Gasteiger partial charge in [-0.05, 0) is 6.07 Å². The molecule has 0 atom stereocenters. The fourth-order valence-corrected chi connectivity index (χ4v) is 3.41. The van der Waals surface area contributed by atoms with E-state index in [-0.39, 0.29) is 12.4 Å². The lowest BCUT2D eigenvalue weighted by atomic mass is 10.0. The molecule has 0 radical (unpaired) electrons. The number of piperazine rings is 1. The van der Waals surface area contributed by atoms with Crippen molar-refractivity contribution in [3.05, 3.63) is 35.6 Å². The van der Waals surface area contributed by atoms with Gasteiger partial charge >= 0.3 is 0 Å². The maximum atomic E-state index is 12.8. The molecular formula is C19H26N2O3. The minimum absolute atomic E-state index is 0.176. The molecule has 1 N–H and O–H groups in total. The average molecular weight is 330 g/mol. The molecule has 1 aliphatic rings. The normalized spacial score (nSPS) is 16.8. The number of hydrogen-bond donors (Lipinski definition) is 1. The van der Waals surface area contributed by atoms with Gasteiger partial charge in [-0.1, -0.05) is 25.1 Å². The number of ketones is 1. The summed E-state index contributed by atoms with van der Waals surface area (Å²) in [5.41, 5.74) is 1.57. The average Bonchev–Trinajstić information content (AvgIpc) is 3.00. The summed E-state index contributed by atoms with van der Waals surface area (Å²) in [4.78, 5) is 17.4. The molecule has 2 heterocycles. The van der Waals surface area contributed by atoms with Gasteiger partial charge in [0, 0.05) is 57.5 Å². The molecule has 5 nitrogen and oxygen atoms in total. The highest BCUT2D eigenvalue weighted by Gasteiger charge is 2.21. The van der Waals surface area contributed by atoms with E-state index in [9.17, 15) is 4.79 Å². The van der Waals surface area contributed by atoms with Crippen molar-refractivity contribution in [1.82, 2.24) is 9.80 Å². The zero-order valence-electron chi connectivity index (χ0n) is 14.3. The summed E-state index contributed by atoms with van der Waals surface area (Å²) < 4.78 is 5.84. The van der Waals surface area contributed by atoms with Gasteiger partial charge in [0.2, 0.25) is 0 Å². The Bertz CT molecular complexity index is 687. The molecule has 0 unspecified atom stereocenters. The molecule has 5 heteroatoms. The number of carbonyl (C=O) groups is 1. The number of hydrogen-bond acceptors (Lipinski definition) is 5. The summed E-state index contributed by atoms with van der Waals surface area (Å²) in [6.07, 6.45) is 1.26.